The van der Waals surface area contributed by atoms with Gasteiger partial charge in [0, 0.05) is 24.2 Å². The molecule has 0 spiro atoms. The summed E-state index contributed by atoms with van der Waals surface area (Å²) in [5.41, 5.74) is 1.81. The molecule has 2 aliphatic heterocycles. The first-order valence-electron chi connectivity index (χ1n) is 7.80. The number of nitrogens with one attached hydrogen (secondary N) is 1. The summed E-state index contributed by atoms with van der Waals surface area (Å²) in [6.07, 6.45) is 6.20. The second-order valence-electron chi connectivity index (χ2n) is 6.10. The number of nitrogens with zero attached hydrogens (tertiary/aromatic N) is 2. The predicted octanol–water partition coefficient (Wildman–Crippen LogP) is 2.68. The Morgan fingerprint density at radius 2 is 2.00 bits per heavy atom. The van der Waals surface area contributed by atoms with E-state index < -0.39 is 0 Å². The molecule has 1 aromatic carbocycles. The van der Waals surface area contributed by atoms with Crippen LogP contribution in [0.2, 0.25) is 0 Å². The van der Waals surface area contributed by atoms with Gasteiger partial charge in [-0.2, -0.15) is 5.26 Å². The fourth-order valence-electron chi connectivity index (χ4n) is 3.97. The van der Waals surface area contributed by atoms with Gasteiger partial charge in [0.05, 0.1) is 24.4 Å². The highest BCUT2D eigenvalue weighted by atomic mass is 16.5. The summed E-state index contributed by atoms with van der Waals surface area (Å²) in [5, 5.41) is 12.5. The van der Waals surface area contributed by atoms with Gasteiger partial charge in [0.2, 0.25) is 0 Å². The lowest BCUT2D eigenvalue weighted by Gasteiger charge is -2.50. The maximum absolute atomic E-state index is 9.06. The number of benzene rings is 1. The zero-order chi connectivity index (χ0) is 14.8. The molecule has 3 rings (SSSR count). The first kappa shape index (κ1) is 14.2. The van der Waals surface area contributed by atoms with Crippen LogP contribution in [0.15, 0.2) is 18.2 Å². The van der Waals surface area contributed by atoms with E-state index in [0.717, 1.165) is 11.4 Å². The van der Waals surface area contributed by atoms with Gasteiger partial charge in [-0.25, -0.2) is 0 Å². The smallest absolute Gasteiger partial charge is 0.143 e. The zero-order valence-corrected chi connectivity index (χ0v) is 12.8. The van der Waals surface area contributed by atoms with Crippen LogP contribution in [0.5, 0.6) is 5.75 Å². The van der Waals surface area contributed by atoms with Gasteiger partial charge in [0.15, 0.2) is 0 Å². The molecule has 0 saturated carbocycles. The maximum Gasteiger partial charge on any atom is 0.143 e. The highest BCUT2D eigenvalue weighted by Crippen LogP contribution is 2.41. The third kappa shape index (κ3) is 2.58. The lowest BCUT2D eigenvalue weighted by Crippen LogP contribution is -2.56. The number of hydrogen-bond donors (Lipinski definition) is 1. The number of nitriles is 1. The Kier molecular flexibility index (Phi) is 4.03. The van der Waals surface area contributed by atoms with Crippen LogP contribution in [0.3, 0.4) is 0 Å². The lowest BCUT2D eigenvalue weighted by atomic mass is 9.81. The number of anilines is 1. The minimum Gasteiger partial charge on any atom is -0.495 e. The molecule has 2 atom stereocenters. The van der Waals surface area contributed by atoms with Crippen LogP contribution in [0, 0.1) is 11.3 Å². The van der Waals surface area contributed by atoms with E-state index in [2.05, 4.69) is 29.4 Å². The number of fused-ring (bicyclic) bond motifs is 2. The summed E-state index contributed by atoms with van der Waals surface area (Å²) in [6.45, 7) is 0. The highest BCUT2D eigenvalue weighted by molar-refractivity contribution is 5.63. The number of rotatable bonds is 3. The van der Waals surface area contributed by atoms with Crippen LogP contribution in [-0.2, 0) is 0 Å². The molecule has 2 fully saturated rings. The Morgan fingerprint density at radius 3 is 2.57 bits per heavy atom. The monoisotopic (exact) mass is 285 g/mol. The summed E-state index contributed by atoms with van der Waals surface area (Å²) in [6, 6.07) is 9.79. The number of piperidine rings is 2. The SMILES string of the molecule is CNC1CC2CCCC(C1)N2c1ccc(C#N)cc1OC. The minimum absolute atomic E-state index is 0.580. The molecule has 2 saturated heterocycles. The van der Waals surface area contributed by atoms with Crippen LogP contribution < -0.4 is 15.0 Å². The summed E-state index contributed by atoms with van der Waals surface area (Å²) < 4.78 is 5.55. The summed E-state index contributed by atoms with van der Waals surface area (Å²) >= 11 is 0. The van der Waals surface area contributed by atoms with Crippen molar-refractivity contribution in [1.29, 1.82) is 5.26 Å². The second kappa shape index (κ2) is 5.95. The topological polar surface area (TPSA) is 48.3 Å². The van der Waals surface area contributed by atoms with Crippen molar-refractivity contribution >= 4 is 5.69 Å². The molecule has 112 valence electrons. The third-order valence-corrected chi connectivity index (χ3v) is 4.97. The van der Waals surface area contributed by atoms with E-state index in [4.69, 9.17) is 10.00 Å². The van der Waals surface area contributed by atoms with E-state index in [1.807, 2.05) is 12.1 Å². The van der Waals surface area contributed by atoms with Gasteiger partial charge in [-0.05, 0) is 51.3 Å². The molecule has 1 N–H and O–H groups in total. The highest BCUT2D eigenvalue weighted by Gasteiger charge is 2.38. The Balaban J connectivity index is 1.94. The number of ether oxygens (including phenoxy) is 1. The van der Waals surface area contributed by atoms with Crippen LogP contribution in [0.1, 0.15) is 37.7 Å². The quantitative estimate of drug-likeness (QED) is 0.927. The van der Waals surface area contributed by atoms with Gasteiger partial charge >= 0.3 is 0 Å². The van der Waals surface area contributed by atoms with Crippen molar-refractivity contribution in [3.63, 3.8) is 0 Å². The molecule has 0 radical (unpaired) electrons. The molecule has 2 aliphatic rings. The van der Waals surface area contributed by atoms with Crippen LogP contribution in [0.4, 0.5) is 5.69 Å². The van der Waals surface area contributed by atoms with Gasteiger partial charge in [0.1, 0.15) is 5.75 Å². The van der Waals surface area contributed by atoms with Crippen molar-refractivity contribution in [2.75, 3.05) is 19.1 Å². The fourth-order valence-corrected chi connectivity index (χ4v) is 3.97. The van der Waals surface area contributed by atoms with E-state index >= 15 is 0 Å². The number of methoxy groups -OCH3 is 1. The Labute approximate surface area is 126 Å². The normalized spacial score (nSPS) is 28.0. The van der Waals surface area contributed by atoms with Crippen molar-refractivity contribution in [2.24, 2.45) is 0 Å². The molecule has 0 aliphatic carbocycles. The molecule has 1 aromatic rings. The van der Waals surface area contributed by atoms with Crippen molar-refractivity contribution in [2.45, 2.75) is 50.2 Å². The first-order valence-corrected chi connectivity index (χ1v) is 7.80. The summed E-state index contributed by atoms with van der Waals surface area (Å²) in [5.74, 6) is 0.828. The van der Waals surface area contributed by atoms with Crippen LogP contribution >= 0.6 is 0 Å². The lowest BCUT2D eigenvalue weighted by molar-refractivity contribution is 0.250. The van der Waals surface area contributed by atoms with Gasteiger partial charge in [-0.3, -0.25) is 0 Å². The molecular formula is C17H23N3O. The maximum atomic E-state index is 9.06. The summed E-state index contributed by atoms with van der Waals surface area (Å²) in [4.78, 5) is 2.55. The third-order valence-electron chi connectivity index (χ3n) is 4.97. The van der Waals surface area contributed by atoms with E-state index in [9.17, 15) is 0 Å². The Bertz CT molecular complexity index is 537. The fraction of sp³-hybridized carbons (Fsp3) is 0.588. The molecule has 2 bridgehead atoms. The van der Waals surface area contributed by atoms with E-state index in [-0.39, 0.29) is 0 Å². The van der Waals surface area contributed by atoms with Gasteiger partial charge in [0.25, 0.3) is 0 Å². The Morgan fingerprint density at radius 1 is 1.29 bits per heavy atom. The van der Waals surface area contributed by atoms with Crippen molar-refractivity contribution < 1.29 is 4.74 Å². The van der Waals surface area contributed by atoms with Gasteiger partial charge < -0.3 is 15.0 Å². The van der Waals surface area contributed by atoms with Crippen molar-refractivity contribution in [1.82, 2.24) is 5.32 Å². The average molecular weight is 285 g/mol. The van der Waals surface area contributed by atoms with Crippen molar-refractivity contribution in [3.8, 4) is 11.8 Å². The average Bonchev–Trinajstić information content (AvgIpc) is 2.53. The molecule has 2 heterocycles. The van der Waals surface area contributed by atoms with E-state index in [0.29, 0.717) is 23.7 Å². The number of hydrogen-bond acceptors (Lipinski definition) is 4. The molecule has 4 nitrogen and oxygen atoms in total. The standard InChI is InChI=1S/C17H23N3O/c1-19-13-9-14-4-3-5-15(10-13)20(14)16-7-6-12(11-18)8-17(16)21-2/h6-8,13-15,19H,3-5,9-10H2,1-2H3. The molecule has 2 unspecified atom stereocenters. The largest absolute Gasteiger partial charge is 0.495 e. The Hall–Kier alpha value is -1.73. The zero-order valence-electron chi connectivity index (χ0n) is 12.8. The van der Waals surface area contributed by atoms with Crippen LogP contribution in [-0.4, -0.2) is 32.3 Å². The summed E-state index contributed by atoms with van der Waals surface area (Å²) in [7, 11) is 3.76. The van der Waals surface area contributed by atoms with E-state index in [1.54, 1.807) is 7.11 Å². The molecule has 0 aromatic heterocycles. The minimum atomic E-state index is 0.580. The predicted molar refractivity (Wildman–Crippen MR) is 83.7 cm³/mol. The molecule has 4 heteroatoms. The second-order valence-corrected chi connectivity index (χ2v) is 6.10. The van der Waals surface area contributed by atoms with Gasteiger partial charge in [-0.15, -0.1) is 0 Å². The van der Waals surface area contributed by atoms with Crippen molar-refractivity contribution in [3.05, 3.63) is 23.8 Å². The first-order chi connectivity index (χ1) is 10.3. The van der Waals surface area contributed by atoms with E-state index in [1.165, 1.54) is 32.1 Å². The van der Waals surface area contributed by atoms with Crippen LogP contribution in [0.25, 0.3) is 0 Å². The van der Waals surface area contributed by atoms with Gasteiger partial charge in [-0.1, -0.05) is 0 Å². The molecular weight excluding hydrogens is 262 g/mol. The molecule has 21 heavy (non-hydrogen) atoms. The molecule has 0 amide bonds.